The topological polar surface area (TPSA) is 25.6 Å². The summed E-state index contributed by atoms with van der Waals surface area (Å²) < 4.78 is 12.3. The van der Waals surface area contributed by atoms with Gasteiger partial charge in [0.2, 0.25) is 0 Å². The van der Waals surface area contributed by atoms with Crippen LogP contribution in [0.4, 0.5) is 34.1 Å². The highest BCUT2D eigenvalue weighted by atomic mass is 16.5. The zero-order chi connectivity index (χ0) is 62.3. The van der Waals surface area contributed by atoms with Crippen molar-refractivity contribution < 1.29 is 4.74 Å². The third-order valence-electron chi connectivity index (χ3n) is 20.0. The molecule has 0 N–H and O–H groups in total. The van der Waals surface area contributed by atoms with Gasteiger partial charge in [0.05, 0.1) is 39.1 Å². The van der Waals surface area contributed by atoms with Crippen LogP contribution in [0.15, 0.2) is 315 Å². The Morgan fingerprint density at radius 3 is 1.24 bits per heavy atom. The van der Waals surface area contributed by atoms with E-state index in [1.54, 1.807) is 0 Å². The SMILES string of the molecule is CC(C)(C)c1cc(-c2ccccc2)c(N2c3cc(-n4c5ccccc5c5ccccc54)ccc3B3c4cc(-c5ccccc5)cc5c4N(c4ccccc4-c4ccccc4Oc4ccccc4-5)c4cc(-n5c6ccccc6c6ccccc65)cc2c43)c(-c2ccccc2)c1. The minimum Gasteiger partial charge on any atom is -0.456 e. The first-order valence-electron chi connectivity index (χ1n) is 32.7. The summed E-state index contributed by atoms with van der Waals surface area (Å²) in [7, 11) is 0. The molecule has 0 atom stereocenters. The molecule has 14 aromatic carbocycles. The average molecular weight is 1200 g/mol. The standard InChI is InChI=1S/C88H61BN4O/c1-88(2,3)60-51-70(57-29-9-5-10-30-57)86(71(52-60)58-31-11-6-12-32-58)93-80-53-61(90-75-40-20-13-33-63(75)64-34-14-21-41-76(64)90)47-48-73(80)89-74-50-59(56-27-7-4-8-28-56)49-72-69-39-19-26-46-84(69)94-83-45-25-18-38-68(83)67-37-17-24-44-79(67)92(87(72)74)81-54-62(55-82(93)85(81)89)91-77-42-22-15-35-65(77)66-36-16-23-43-78(66)91/h4-55H,1-3H3. The molecule has 0 radical (unpaired) electrons. The number of anilines is 6. The molecule has 0 spiro atoms. The number of nitrogens with zero attached hydrogens (tertiary/aromatic N) is 4. The molecule has 0 saturated heterocycles. The minimum atomic E-state index is -0.297. The van der Waals surface area contributed by atoms with Crippen LogP contribution in [0.5, 0.6) is 11.5 Å². The van der Waals surface area contributed by atoms with E-state index < -0.39 is 0 Å². The Labute approximate surface area is 547 Å². The minimum absolute atomic E-state index is 0.202. The van der Waals surface area contributed by atoms with Crippen LogP contribution < -0.4 is 30.9 Å². The van der Waals surface area contributed by atoms with E-state index in [9.17, 15) is 0 Å². The predicted molar refractivity (Wildman–Crippen MR) is 395 cm³/mol. The van der Waals surface area contributed by atoms with Crippen molar-refractivity contribution in [2.45, 2.75) is 26.2 Å². The number of rotatable bonds is 6. The van der Waals surface area contributed by atoms with Crippen LogP contribution in [0.1, 0.15) is 26.3 Å². The molecular weight excluding hydrogens is 1140 g/mol. The molecule has 0 amide bonds. The molecule has 5 nitrogen and oxygen atoms in total. The normalized spacial score (nSPS) is 12.9. The van der Waals surface area contributed by atoms with Gasteiger partial charge in [-0.05, 0) is 135 Å². The van der Waals surface area contributed by atoms with Gasteiger partial charge in [-0.25, -0.2) is 0 Å². The quantitative estimate of drug-likeness (QED) is 0.155. The van der Waals surface area contributed by atoms with Gasteiger partial charge >= 0.3 is 0 Å². The van der Waals surface area contributed by atoms with Gasteiger partial charge in [-0.2, -0.15) is 0 Å². The van der Waals surface area contributed by atoms with Gasteiger partial charge in [-0.15, -0.1) is 0 Å². The van der Waals surface area contributed by atoms with E-state index in [1.165, 1.54) is 43.5 Å². The number of hydrogen-bond acceptors (Lipinski definition) is 3. The van der Waals surface area contributed by atoms with Crippen molar-refractivity contribution in [3.63, 3.8) is 0 Å². The lowest BCUT2D eigenvalue weighted by molar-refractivity contribution is 0.486. The predicted octanol–water partition coefficient (Wildman–Crippen LogP) is 21.7. The van der Waals surface area contributed by atoms with E-state index >= 15 is 0 Å². The first kappa shape index (κ1) is 53.9. The van der Waals surface area contributed by atoms with Crippen LogP contribution >= 0.6 is 0 Å². The monoisotopic (exact) mass is 1200 g/mol. The zero-order valence-electron chi connectivity index (χ0n) is 52.3. The van der Waals surface area contributed by atoms with E-state index in [4.69, 9.17) is 4.74 Å². The molecule has 3 aliphatic heterocycles. The average Bonchev–Trinajstić information content (AvgIpc) is 0.807. The largest absolute Gasteiger partial charge is 0.456 e. The van der Waals surface area contributed by atoms with E-state index in [0.29, 0.717) is 0 Å². The molecule has 0 unspecified atom stereocenters. The number of aromatic nitrogens is 2. The third kappa shape index (κ3) is 8.15. The molecule has 442 valence electrons. The van der Waals surface area contributed by atoms with Gasteiger partial charge in [0.25, 0.3) is 6.71 Å². The van der Waals surface area contributed by atoms with Gasteiger partial charge in [-0.3, -0.25) is 0 Å². The Hall–Kier alpha value is -11.9. The van der Waals surface area contributed by atoms with E-state index in [-0.39, 0.29) is 12.1 Å². The van der Waals surface area contributed by atoms with Gasteiger partial charge in [0.15, 0.2) is 0 Å². The van der Waals surface area contributed by atoms with E-state index in [1.807, 2.05) is 0 Å². The van der Waals surface area contributed by atoms with E-state index in [2.05, 4.69) is 355 Å². The van der Waals surface area contributed by atoms with Crippen LogP contribution in [0.2, 0.25) is 0 Å². The number of para-hydroxylation sites is 7. The Morgan fingerprint density at radius 1 is 0.287 bits per heavy atom. The first-order chi connectivity index (χ1) is 46.3. The van der Waals surface area contributed by atoms with Crippen LogP contribution in [-0.4, -0.2) is 15.8 Å². The van der Waals surface area contributed by atoms with Gasteiger partial charge in [0.1, 0.15) is 11.5 Å². The Kier molecular flexibility index (Phi) is 12.0. The summed E-state index contributed by atoms with van der Waals surface area (Å²) in [6.45, 7) is 6.74. The Bertz CT molecular complexity index is 5610. The van der Waals surface area contributed by atoms with Gasteiger partial charge in [0, 0.05) is 83.4 Å². The molecule has 6 heteroatoms. The molecule has 0 aliphatic carbocycles. The van der Waals surface area contributed by atoms with E-state index in [0.717, 1.165) is 135 Å². The summed E-state index contributed by atoms with van der Waals surface area (Å²) in [6, 6.07) is 118. The molecule has 5 heterocycles. The maximum atomic E-state index is 7.33. The Morgan fingerprint density at radius 2 is 0.713 bits per heavy atom. The van der Waals surface area contributed by atoms with Gasteiger partial charge < -0.3 is 23.7 Å². The lowest BCUT2D eigenvalue weighted by Crippen LogP contribution is -2.61. The molecule has 19 rings (SSSR count). The lowest BCUT2D eigenvalue weighted by atomic mass is 9.33. The summed E-state index contributed by atoms with van der Waals surface area (Å²) in [4.78, 5) is 5.35. The lowest BCUT2D eigenvalue weighted by Gasteiger charge is -2.46. The molecule has 0 bridgehead atoms. The fourth-order valence-corrected chi connectivity index (χ4v) is 15.8. The second-order valence-electron chi connectivity index (χ2n) is 26.3. The first-order valence-corrected chi connectivity index (χ1v) is 32.7. The molecule has 3 aliphatic rings. The second kappa shape index (κ2) is 20.8. The molecular formula is C88H61BN4O. The van der Waals surface area contributed by atoms with Crippen molar-refractivity contribution in [1.29, 1.82) is 0 Å². The van der Waals surface area contributed by atoms with Crippen molar-refractivity contribution in [2.75, 3.05) is 9.80 Å². The smallest absolute Gasteiger partial charge is 0.252 e. The van der Waals surface area contributed by atoms with Crippen molar-refractivity contribution in [2.24, 2.45) is 0 Å². The highest BCUT2D eigenvalue weighted by molar-refractivity contribution is 7.00. The fraction of sp³-hybridized carbons (Fsp3) is 0.0455. The van der Waals surface area contributed by atoms with Crippen molar-refractivity contribution in [3.8, 4) is 78.5 Å². The summed E-state index contributed by atoms with van der Waals surface area (Å²) in [6.07, 6.45) is 0. The summed E-state index contributed by atoms with van der Waals surface area (Å²) >= 11 is 0. The summed E-state index contributed by atoms with van der Waals surface area (Å²) in [5.74, 6) is 1.58. The number of benzene rings is 14. The summed E-state index contributed by atoms with van der Waals surface area (Å²) in [5.41, 5.74) is 29.0. The van der Waals surface area contributed by atoms with Crippen LogP contribution in [0.3, 0.4) is 0 Å². The second-order valence-corrected chi connectivity index (χ2v) is 26.3. The molecule has 0 fully saturated rings. The molecule has 2 aromatic heterocycles. The highest BCUT2D eigenvalue weighted by Gasteiger charge is 2.47. The number of hydrogen-bond donors (Lipinski definition) is 0. The zero-order valence-corrected chi connectivity index (χ0v) is 52.3. The van der Waals surface area contributed by atoms with Crippen molar-refractivity contribution in [3.05, 3.63) is 321 Å². The molecule has 0 saturated carbocycles. The van der Waals surface area contributed by atoms with Crippen molar-refractivity contribution in [1.82, 2.24) is 9.13 Å². The molecule has 16 aromatic rings. The van der Waals surface area contributed by atoms with Crippen LogP contribution in [0, 0.1) is 0 Å². The Balaban J connectivity index is 1.04. The number of fused-ring (bicyclic) bond motifs is 16. The van der Waals surface area contributed by atoms with Gasteiger partial charge in [-0.1, -0.05) is 251 Å². The van der Waals surface area contributed by atoms with Crippen LogP contribution in [0.25, 0.3) is 111 Å². The fourth-order valence-electron chi connectivity index (χ4n) is 15.8. The third-order valence-corrected chi connectivity index (χ3v) is 20.0. The number of ether oxygens (including phenoxy) is 1. The maximum Gasteiger partial charge on any atom is 0.252 e. The highest BCUT2D eigenvalue weighted by Crippen LogP contribution is 2.56. The van der Waals surface area contributed by atoms with Crippen LogP contribution in [-0.2, 0) is 5.41 Å². The maximum absolute atomic E-state index is 7.33. The van der Waals surface area contributed by atoms with Crippen molar-refractivity contribution >= 4 is 101 Å². The summed E-state index contributed by atoms with van der Waals surface area (Å²) in [5, 5.41) is 4.84. The molecule has 94 heavy (non-hydrogen) atoms.